The van der Waals surface area contributed by atoms with E-state index in [4.69, 9.17) is 4.98 Å². The number of nitrogens with zero attached hydrogens (tertiary/aromatic N) is 1. The molecule has 0 atom stereocenters. The van der Waals surface area contributed by atoms with E-state index >= 15 is 0 Å². The van der Waals surface area contributed by atoms with Gasteiger partial charge in [0.05, 0.1) is 5.69 Å². The van der Waals surface area contributed by atoms with Crippen molar-refractivity contribution in [2.75, 3.05) is 0 Å². The van der Waals surface area contributed by atoms with Crippen molar-refractivity contribution in [3.8, 4) is 0 Å². The number of aromatic amines is 1. The largest absolute Gasteiger partial charge is 0.309 e. The third-order valence-electron chi connectivity index (χ3n) is 4.52. The van der Waals surface area contributed by atoms with Crippen LogP contribution in [0.25, 0.3) is 0 Å². The molecule has 0 radical (unpaired) electrons. The number of aromatic nitrogens is 2. The van der Waals surface area contributed by atoms with Crippen LogP contribution >= 0.6 is 22.6 Å². The Labute approximate surface area is 141 Å². The maximum absolute atomic E-state index is 12.2. The van der Waals surface area contributed by atoms with Gasteiger partial charge in [0.25, 0.3) is 5.56 Å². The van der Waals surface area contributed by atoms with Crippen LogP contribution in [-0.4, -0.2) is 9.97 Å². The van der Waals surface area contributed by atoms with Crippen LogP contribution in [0, 0.1) is 9.49 Å². The van der Waals surface area contributed by atoms with Gasteiger partial charge in [0.15, 0.2) is 0 Å². The average molecular weight is 402 g/mol. The van der Waals surface area contributed by atoms with Gasteiger partial charge in [0.1, 0.15) is 9.39 Å². The van der Waals surface area contributed by atoms with Crippen molar-refractivity contribution >= 4 is 22.6 Å². The molecule has 1 heterocycles. The third-order valence-corrected chi connectivity index (χ3v) is 5.52. The maximum atomic E-state index is 12.2. The summed E-state index contributed by atoms with van der Waals surface area (Å²) < 4.78 is 0.739. The van der Waals surface area contributed by atoms with Gasteiger partial charge < -0.3 is 4.98 Å². The molecule has 1 fully saturated rings. The van der Waals surface area contributed by atoms with E-state index in [1.54, 1.807) is 0 Å². The van der Waals surface area contributed by atoms with Crippen LogP contribution in [0.2, 0.25) is 0 Å². The number of rotatable bonds is 3. The monoisotopic (exact) mass is 402 g/mol. The van der Waals surface area contributed by atoms with Crippen LogP contribution < -0.4 is 5.56 Å². The minimum absolute atomic E-state index is 0.0289. The SMILES string of the molecule is CCCC1CCC(c2nc(C(C)(C)C)c(I)c(=O)[nH]2)CC1. The van der Waals surface area contributed by atoms with E-state index in [0.29, 0.717) is 5.92 Å². The van der Waals surface area contributed by atoms with Crippen molar-refractivity contribution in [1.82, 2.24) is 9.97 Å². The van der Waals surface area contributed by atoms with E-state index in [1.807, 2.05) is 0 Å². The van der Waals surface area contributed by atoms with Gasteiger partial charge in [-0.1, -0.05) is 40.5 Å². The fraction of sp³-hybridized carbons (Fsp3) is 0.765. The van der Waals surface area contributed by atoms with Gasteiger partial charge in [-0.3, -0.25) is 4.79 Å². The van der Waals surface area contributed by atoms with Crippen molar-refractivity contribution in [3.05, 3.63) is 25.4 Å². The molecule has 1 aliphatic rings. The number of H-pyrrole nitrogens is 1. The highest BCUT2D eigenvalue weighted by molar-refractivity contribution is 14.1. The van der Waals surface area contributed by atoms with Gasteiger partial charge in [-0.2, -0.15) is 0 Å². The molecule has 0 amide bonds. The summed E-state index contributed by atoms with van der Waals surface area (Å²) in [5, 5.41) is 0. The summed E-state index contributed by atoms with van der Waals surface area (Å²) in [4.78, 5) is 20.1. The Kier molecular flexibility index (Phi) is 5.49. The highest BCUT2D eigenvalue weighted by Gasteiger charge is 2.27. The number of hydrogen-bond acceptors (Lipinski definition) is 2. The van der Waals surface area contributed by atoms with Crippen molar-refractivity contribution in [2.24, 2.45) is 5.92 Å². The number of nitrogens with one attached hydrogen (secondary N) is 1. The van der Waals surface area contributed by atoms with Crippen LogP contribution in [0.5, 0.6) is 0 Å². The van der Waals surface area contributed by atoms with E-state index < -0.39 is 0 Å². The molecule has 3 nitrogen and oxygen atoms in total. The van der Waals surface area contributed by atoms with E-state index in [2.05, 4.69) is 55.3 Å². The first-order chi connectivity index (χ1) is 9.82. The lowest BCUT2D eigenvalue weighted by molar-refractivity contribution is 0.301. The van der Waals surface area contributed by atoms with Gasteiger partial charge in [-0.25, -0.2) is 4.98 Å². The molecular weight excluding hydrogens is 375 g/mol. The second kappa shape index (κ2) is 6.80. The molecule has 0 aliphatic heterocycles. The van der Waals surface area contributed by atoms with Crippen LogP contribution in [0.1, 0.15) is 83.7 Å². The fourth-order valence-corrected chi connectivity index (χ4v) is 4.36. The quantitative estimate of drug-likeness (QED) is 0.742. The summed E-state index contributed by atoms with van der Waals surface area (Å²) in [6, 6.07) is 0. The molecule has 1 aromatic rings. The molecule has 1 saturated carbocycles. The van der Waals surface area contributed by atoms with Crippen LogP contribution in [-0.2, 0) is 5.41 Å². The molecule has 1 aromatic heterocycles. The molecule has 2 rings (SSSR count). The van der Waals surface area contributed by atoms with Crippen molar-refractivity contribution in [2.45, 2.75) is 77.6 Å². The van der Waals surface area contributed by atoms with Gasteiger partial charge in [-0.05, 0) is 54.2 Å². The second-order valence-electron chi connectivity index (χ2n) is 7.37. The lowest BCUT2D eigenvalue weighted by atomic mass is 9.79. The molecule has 0 spiro atoms. The standard InChI is InChI=1S/C17H27IN2O/c1-5-6-11-7-9-12(10-8-11)15-19-14(17(2,3)4)13(18)16(21)20-15/h11-12H,5-10H2,1-4H3,(H,19,20,21). The van der Waals surface area contributed by atoms with Crippen LogP contribution in [0.15, 0.2) is 4.79 Å². The molecule has 1 aliphatic carbocycles. The molecule has 21 heavy (non-hydrogen) atoms. The van der Waals surface area contributed by atoms with Crippen LogP contribution in [0.3, 0.4) is 0 Å². The summed E-state index contributed by atoms with van der Waals surface area (Å²) >= 11 is 2.13. The predicted molar refractivity (Wildman–Crippen MR) is 95.9 cm³/mol. The van der Waals surface area contributed by atoms with Gasteiger partial charge in [0.2, 0.25) is 0 Å². The minimum Gasteiger partial charge on any atom is -0.309 e. The molecule has 0 unspecified atom stereocenters. The molecular formula is C17H27IN2O. The molecule has 0 aromatic carbocycles. The Hall–Kier alpha value is -0.390. The van der Waals surface area contributed by atoms with Crippen molar-refractivity contribution in [3.63, 3.8) is 0 Å². The normalized spacial score (nSPS) is 23.3. The maximum Gasteiger partial charge on any atom is 0.264 e. The Morgan fingerprint density at radius 3 is 2.38 bits per heavy atom. The fourth-order valence-electron chi connectivity index (χ4n) is 3.30. The molecule has 4 heteroatoms. The average Bonchev–Trinajstić information content (AvgIpc) is 2.41. The Morgan fingerprint density at radius 2 is 1.86 bits per heavy atom. The second-order valence-corrected chi connectivity index (χ2v) is 8.45. The summed E-state index contributed by atoms with van der Waals surface area (Å²) in [6.07, 6.45) is 7.51. The molecule has 1 N–H and O–H groups in total. The number of halogens is 1. The van der Waals surface area contributed by atoms with Crippen molar-refractivity contribution < 1.29 is 0 Å². The lowest BCUT2D eigenvalue weighted by Crippen LogP contribution is -2.27. The first-order valence-corrected chi connectivity index (χ1v) is 9.21. The topological polar surface area (TPSA) is 45.8 Å². The summed E-state index contributed by atoms with van der Waals surface area (Å²) in [5.74, 6) is 2.23. The Bertz CT molecular complexity index is 537. The Morgan fingerprint density at radius 1 is 1.24 bits per heavy atom. The molecule has 0 saturated heterocycles. The minimum atomic E-state index is -0.0844. The van der Waals surface area contributed by atoms with E-state index in [0.717, 1.165) is 33.8 Å². The van der Waals surface area contributed by atoms with Gasteiger partial charge >= 0.3 is 0 Å². The highest BCUT2D eigenvalue weighted by Crippen LogP contribution is 2.36. The van der Waals surface area contributed by atoms with Gasteiger partial charge in [-0.15, -0.1) is 0 Å². The summed E-state index contributed by atoms with van der Waals surface area (Å²) in [6.45, 7) is 8.64. The van der Waals surface area contributed by atoms with Crippen molar-refractivity contribution in [1.29, 1.82) is 0 Å². The zero-order chi connectivity index (χ0) is 15.6. The van der Waals surface area contributed by atoms with Gasteiger partial charge in [0, 0.05) is 11.3 Å². The number of hydrogen-bond donors (Lipinski definition) is 1. The summed E-state index contributed by atoms with van der Waals surface area (Å²) in [7, 11) is 0. The first-order valence-electron chi connectivity index (χ1n) is 8.13. The first kappa shape index (κ1) is 17.0. The third kappa shape index (κ3) is 4.08. The zero-order valence-electron chi connectivity index (χ0n) is 13.6. The Balaban J connectivity index is 2.22. The van der Waals surface area contributed by atoms with Crippen LogP contribution in [0.4, 0.5) is 0 Å². The lowest BCUT2D eigenvalue weighted by Gasteiger charge is -2.29. The van der Waals surface area contributed by atoms with E-state index in [1.165, 1.54) is 25.7 Å². The highest BCUT2D eigenvalue weighted by atomic mass is 127. The molecule has 118 valence electrons. The van der Waals surface area contributed by atoms with E-state index in [9.17, 15) is 4.79 Å². The van der Waals surface area contributed by atoms with E-state index in [-0.39, 0.29) is 11.0 Å². The molecule has 0 bridgehead atoms. The smallest absolute Gasteiger partial charge is 0.264 e. The predicted octanol–water partition coefficient (Wildman–Crippen LogP) is 4.75. The zero-order valence-corrected chi connectivity index (χ0v) is 15.8. The summed E-state index contributed by atoms with van der Waals surface area (Å²) in [5.41, 5.74) is 0.887.